The Balaban J connectivity index is 1.22. The topological polar surface area (TPSA) is 95.1 Å². The van der Waals surface area contributed by atoms with E-state index in [1.807, 2.05) is 23.1 Å². The average molecular weight is 566 g/mol. The Labute approximate surface area is 247 Å². The van der Waals surface area contributed by atoms with Gasteiger partial charge >= 0.3 is 5.82 Å². The number of benzene rings is 3. The van der Waals surface area contributed by atoms with Gasteiger partial charge in [-0.1, -0.05) is 47.1 Å². The molecule has 4 aromatic heterocycles. The molecule has 8 nitrogen and oxygen atoms in total. The molecule has 3 N–H and O–H groups in total. The number of nitrogens with two attached hydrogens (primary N) is 1. The number of rotatable bonds is 4. The summed E-state index contributed by atoms with van der Waals surface area (Å²) in [5, 5.41) is 7.38. The van der Waals surface area contributed by atoms with Crippen LogP contribution >= 0.6 is 0 Å². The van der Waals surface area contributed by atoms with Crippen LogP contribution in [0.3, 0.4) is 0 Å². The fourth-order valence-electron chi connectivity index (χ4n) is 6.82. The predicted molar refractivity (Wildman–Crippen MR) is 164 cm³/mol. The molecule has 8 heteroatoms. The summed E-state index contributed by atoms with van der Waals surface area (Å²) in [5.74, 6) is 0.334. The molecule has 5 heterocycles. The van der Waals surface area contributed by atoms with Crippen LogP contribution in [0.2, 0.25) is 0 Å². The van der Waals surface area contributed by atoms with Crippen LogP contribution in [-0.2, 0) is 15.0 Å². The first kappa shape index (κ1) is 24.7. The van der Waals surface area contributed by atoms with E-state index in [1.165, 1.54) is 0 Å². The number of hydrogen-bond acceptors (Lipinski definition) is 5. The van der Waals surface area contributed by atoms with Crippen LogP contribution < -0.4 is 10.1 Å². The van der Waals surface area contributed by atoms with E-state index in [0.29, 0.717) is 26.1 Å². The van der Waals surface area contributed by atoms with E-state index in [1.54, 1.807) is 0 Å². The SMILES string of the molecule is NC1(c2ccc(-n3nc(-c4ccc5[nH]ccc5c4)[n+]4ccc5ncc(-c6ccccc6)cc5c34)cc2)CC2(C1)OCCO2. The molecule has 1 aliphatic heterocycles. The van der Waals surface area contributed by atoms with E-state index in [0.717, 1.165) is 61.2 Å². The molecule has 2 aliphatic rings. The van der Waals surface area contributed by atoms with Crippen molar-refractivity contribution in [2.45, 2.75) is 24.2 Å². The lowest BCUT2D eigenvalue weighted by Gasteiger charge is -2.50. The zero-order valence-corrected chi connectivity index (χ0v) is 23.4. The number of H-pyrrole nitrogens is 1. The molecule has 43 heavy (non-hydrogen) atoms. The van der Waals surface area contributed by atoms with Crippen LogP contribution in [0.1, 0.15) is 18.4 Å². The first-order chi connectivity index (χ1) is 21.1. The maximum absolute atomic E-state index is 6.82. The normalized spacial score (nSPS) is 17.2. The summed E-state index contributed by atoms with van der Waals surface area (Å²) in [6, 6.07) is 31.5. The van der Waals surface area contributed by atoms with Gasteiger partial charge in [-0.25, -0.2) is 0 Å². The molecule has 210 valence electrons. The lowest BCUT2D eigenvalue weighted by molar-refractivity contribution is -0.498. The number of nitrogens with zero attached hydrogens (tertiary/aromatic N) is 4. The molecule has 9 rings (SSSR count). The maximum atomic E-state index is 6.82. The Kier molecular flexibility index (Phi) is 5.20. The molecule has 2 fully saturated rings. The van der Waals surface area contributed by atoms with Crippen molar-refractivity contribution in [2.24, 2.45) is 5.73 Å². The van der Waals surface area contributed by atoms with E-state index in [2.05, 4.69) is 101 Å². The standard InChI is InChI=1S/C35H29N6O2/c36-34(21-35(22-34)42-16-17-43-35)27-7-9-28(10-8-27)41-33-29-19-26(23-4-2-1-3-5-23)20-38-31(29)13-15-40(33)32(39-41)25-6-11-30-24(18-25)12-14-37-30/h1-15,18-20,37H,16-17,21-22,36H2/q+1. The molecular formula is C35H29N6O2+. The summed E-state index contributed by atoms with van der Waals surface area (Å²) in [5.41, 5.74) is 14.5. The first-order valence-corrected chi connectivity index (χ1v) is 14.6. The van der Waals surface area contributed by atoms with Gasteiger partial charge < -0.3 is 20.2 Å². The minimum Gasteiger partial charge on any atom is -0.361 e. The first-order valence-electron chi connectivity index (χ1n) is 14.6. The fraction of sp³-hybridized carbons (Fsp3) is 0.171. The third-order valence-electron chi connectivity index (χ3n) is 8.98. The van der Waals surface area contributed by atoms with Gasteiger partial charge in [-0.3, -0.25) is 4.98 Å². The van der Waals surface area contributed by atoms with Crippen LogP contribution in [0, 0.1) is 0 Å². The number of fused-ring (bicyclic) bond motifs is 4. The number of nitrogens with one attached hydrogen (secondary N) is 1. The van der Waals surface area contributed by atoms with E-state index >= 15 is 0 Å². The van der Waals surface area contributed by atoms with Crippen molar-refractivity contribution in [1.29, 1.82) is 0 Å². The molecule has 3 aromatic carbocycles. The second kappa shape index (κ2) is 9.05. The summed E-state index contributed by atoms with van der Waals surface area (Å²) < 4.78 is 15.9. The third kappa shape index (κ3) is 3.84. The van der Waals surface area contributed by atoms with E-state index < -0.39 is 11.3 Å². The van der Waals surface area contributed by atoms with E-state index in [-0.39, 0.29) is 0 Å². The molecule has 0 bridgehead atoms. The van der Waals surface area contributed by atoms with Crippen molar-refractivity contribution in [3.05, 3.63) is 115 Å². The molecule has 0 atom stereocenters. The molecule has 1 spiro atoms. The number of ether oxygens (including phenoxy) is 2. The highest BCUT2D eigenvalue weighted by Gasteiger charge is 2.57. The number of pyridine rings is 2. The van der Waals surface area contributed by atoms with Crippen LogP contribution in [-0.4, -0.2) is 38.7 Å². The molecule has 1 saturated heterocycles. The van der Waals surface area contributed by atoms with Gasteiger partial charge in [-0.05, 0) is 59.7 Å². The van der Waals surface area contributed by atoms with Gasteiger partial charge in [-0.2, -0.15) is 4.40 Å². The molecule has 0 unspecified atom stereocenters. The smallest absolute Gasteiger partial charge is 0.314 e. The number of aromatic nitrogens is 5. The Bertz CT molecular complexity index is 2150. The summed E-state index contributed by atoms with van der Waals surface area (Å²) in [4.78, 5) is 8.15. The van der Waals surface area contributed by atoms with Gasteiger partial charge in [0, 0.05) is 41.7 Å². The quantitative estimate of drug-likeness (QED) is 0.269. The van der Waals surface area contributed by atoms with Crippen LogP contribution in [0.5, 0.6) is 0 Å². The van der Waals surface area contributed by atoms with Crippen molar-refractivity contribution in [3.63, 3.8) is 0 Å². The molecule has 0 radical (unpaired) electrons. The minimum atomic E-state index is -0.514. The van der Waals surface area contributed by atoms with Crippen molar-refractivity contribution in [1.82, 2.24) is 19.7 Å². The van der Waals surface area contributed by atoms with Gasteiger partial charge in [-0.15, -0.1) is 0 Å². The van der Waals surface area contributed by atoms with E-state index in [9.17, 15) is 0 Å². The largest absolute Gasteiger partial charge is 0.361 e. The molecular weight excluding hydrogens is 536 g/mol. The molecule has 1 aliphatic carbocycles. The van der Waals surface area contributed by atoms with Gasteiger partial charge in [0.05, 0.1) is 46.5 Å². The maximum Gasteiger partial charge on any atom is 0.314 e. The number of hydrogen-bond donors (Lipinski definition) is 2. The average Bonchev–Trinajstić information content (AvgIpc) is 3.80. The summed E-state index contributed by atoms with van der Waals surface area (Å²) in [7, 11) is 0. The lowest BCUT2D eigenvalue weighted by Crippen LogP contribution is -2.60. The van der Waals surface area contributed by atoms with Gasteiger partial charge in [0.1, 0.15) is 5.69 Å². The second-order valence-corrected chi connectivity index (χ2v) is 11.7. The van der Waals surface area contributed by atoms with Crippen molar-refractivity contribution < 1.29 is 13.9 Å². The van der Waals surface area contributed by atoms with Gasteiger partial charge in [0.15, 0.2) is 5.79 Å². The van der Waals surface area contributed by atoms with Crippen LogP contribution in [0.25, 0.3) is 55.7 Å². The van der Waals surface area contributed by atoms with Crippen molar-refractivity contribution in [2.75, 3.05) is 13.2 Å². The van der Waals surface area contributed by atoms with E-state index in [4.69, 9.17) is 25.3 Å². The van der Waals surface area contributed by atoms with Crippen LogP contribution in [0.15, 0.2) is 110 Å². The highest BCUT2D eigenvalue weighted by atomic mass is 16.7. The monoisotopic (exact) mass is 565 g/mol. The zero-order valence-electron chi connectivity index (χ0n) is 23.4. The highest BCUT2D eigenvalue weighted by molar-refractivity contribution is 5.93. The minimum absolute atomic E-state index is 0.470. The molecule has 0 amide bonds. The Morgan fingerprint density at radius 2 is 1.65 bits per heavy atom. The van der Waals surface area contributed by atoms with Crippen LogP contribution in [0.4, 0.5) is 0 Å². The third-order valence-corrected chi connectivity index (χ3v) is 8.98. The van der Waals surface area contributed by atoms with Gasteiger partial charge in [0.2, 0.25) is 0 Å². The molecule has 1 saturated carbocycles. The Morgan fingerprint density at radius 1 is 0.837 bits per heavy atom. The van der Waals surface area contributed by atoms with Crippen molar-refractivity contribution >= 4 is 27.5 Å². The zero-order chi connectivity index (χ0) is 28.6. The summed E-state index contributed by atoms with van der Waals surface area (Å²) in [6.07, 6.45) is 7.28. The number of aromatic amines is 1. The van der Waals surface area contributed by atoms with Gasteiger partial charge in [0.25, 0.3) is 5.65 Å². The summed E-state index contributed by atoms with van der Waals surface area (Å²) >= 11 is 0. The lowest BCUT2D eigenvalue weighted by atomic mass is 9.68. The van der Waals surface area contributed by atoms with Crippen molar-refractivity contribution in [3.8, 4) is 28.2 Å². The fourth-order valence-corrected chi connectivity index (χ4v) is 6.82. The Morgan fingerprint density at radius 3 is 2.47 bits per heavy atom. The summed E-state index contributed by atoms with van der Waals surface area (Å²) in [6.45, 7) is 1.26. The highest BCUT2D eigenvalue weighted by Crippen LogP contribution is 2.51. The predicted octanol–water partition coefficient (Wildman–Crippen LogP) is 5.67. The second-order valence-electron chi connectivity index (χ2n) is 11.7. The molecule has 7 aromatic rings. The Hall–Kier alpha value is -4.89.